The number of aliphatic hydroxyl groups is 1. The fourth-order valence-electron chi connectivity index (χ4n) is 2.63. The fourth-order valence-corrected chi connectivity index (χ4v) is 2.63. The molecule has 132 valence electrons. The van der Waals surface area contributed by atoms with Gasteiger partial charge in [-0.25, -0.2) is 4.39 Å². The maximum atomic E-state index is 12.9. The van der Waals surface area contributed by atoms with Gasteiger partial charge in [0.25, 0.3) is 0 Å². The third-order valence-electron chi connectivity index (χ3n) is 4.08. The average Bonchev–Trinajstić information content (AvgIpc) is 2.74. The minimum atomic E-state index is -1.03. The Morgan fingerprint density at radius 3 is 2.67 bits per heavy atom. The molecule has 7 heteroatoms. The predicted molar refractivity (Wildman–Crippen MR) is 86.0 cm³/mol. The van der Waals surface area contributed by atoms with Crippen LogP contribution in [0.15, 0.2) is 24.3 Å². The second kappa shape index (κ2) is 8.10. The Labute approximate surface area is 140 Å². The van der Waals surface area contributed by atoms with Gasteiger partial charge < -0.3 is 20.1 Å². The van der Waals surface area contributed by atoms with Gasteiger partial charge in [0, 0.05) is 20.0 Å². The molecule has 2 rings (SSSR count). The van der Waals surface area contributed by atoms with Gasteiger partial charge in [0.2, 0.25) is 11.8 Å². The lowest BCUT2D eigenvalue weighted by atomic mass is 9.96. The summed E-state index contributed by atoms with van der Waals surface area (Å²) >= 11 is 0. The highest BCUT2D eigenvalue weighted by atomic mass is 19.1. The minimum Gasteiger partial charge on any atom is -0.491 e. The summed E-state index contributed by atoms with van der Waals surface area (Å²) in [5, 5.41) is 13.2. The molecule has 1 saturated heterocycles. The van der Waals surface area contributed by atoms with Gasteiger partial charge in [0.1, 0.15) is 23.8 Å². The lowest BCUT2D eigenvalue weighted by Gasteiger charge is -2.27. The van der Waals surface area contributed by atoms with Crippen LogP contribution in [0.25, 0.3) is 0 Å². The highest BCUT2D eigenvalue weighted by Crippen LogP contribution is 2.24. The van der Waals surface area contributed by atoms with Crippen molar-refractivity contribution in [3.8, 4) is 5.75 Å². The molecule has 1 unspecified atom stereocenters. The average molecular weight is 338 g/mol. The van der Waals surface area contributed by atoms with Crippen molar-refractivity contribution in [2.45, 2.75) is 31.8 Å². The number of ether oxygens (including phenoxy) is 1. The fraction of sp³-hybridized carbons (Fsp3) is 0.529. The zero-order chi connectivity index (χ0) is 17.6. The van der Waals surface area contributed by atoms with E-state index in [1.807, 2.05) is 0 Å². The van der Waals surface area contributed by atoms with Crippen LogP contribution in [-0.2, 0) is 9.59 Å². The lowest BCUT2D eigenvalue weighted by Crippen LogP contribution is -2.41. The molecule has 1 atom stereocenters. The van der Waals surface area contributed by atoms with E-state index in [9.17, 15) is 19.1 Å². The van der Waals surface area contributed by atoms with Gasteiger partial charge >= 0.3 is 0 Å². The van der Waals surface area contributed by atoms with Crippen LogP contribution in [0, 0.1) is 5.82 Å². The van der Waals surface area contributed by atoms with Crippen LogP contribution >= 0.6 is 0 Å². The number of halogens is 1. The molecule has 1 aromatic carbocycles. The number of nitrogens with one attached hydrogen (secondary N) is 1. The van der Waals surface area contributed by atoms with Gasteiger partial charge in [-0.1, -0.05) is 0 Å². The minimum absolute atomic E-state index is 0.0279. The van der Waals surface area contributed by atoms with E-state index in [0.29, 0.717) is 38.1 Å². The summed E-state index contributed by atoms with van der Waals surface area (Å²) in [6, 6.07) is 5.63. The summed E-state index contributed by atoms with van der Waals surface area (Å²) in [5.74, 6) is -0.257. The van der Waals surface area contributed by atoms with E-state index in [1.165, 1.54) is 31.2 Å². The third-order valence-corrected chi connectivity index (χ3v) is 4.08. The number of rotatable bonds is 5. The molecule has 1 heterocycles. The van der Waals surface area contributed by atoms with E-state index in [1.54, 1.807) is 4.90 Å². The van der Waals surface area contributed by atoms with Crippen molar-refractivity contribution < 1.29 is 23.8 Å². The van der Waals surface area contributed by atoms with Gasteiger partial charge in [-0.2, -0.15) is 0 Å². The van der Waals surface area contributed by atoms with E-state index < -0.39 is 5.60 Å². The SMILES string of the molecule is CC(=O)NCC(=O)N1CCCC(O)(COc2ccc(F)cc2)CC1. The third kappa shape index (κ3) is 5.49. The first-order valence-electron chi connectivity index (χ1n) is 8.01. The number of nitrogens with zero attached hydrogens (tertiary/aromatic N) is 1. The molecule has 0 spiro atoms. The normalized spacial score (nSPS) is 21.0. The Hall–Kier alpha value is -2.15. The zero-order valence-electron chi connectivity index (χ0n) is 13.8. The maximum Gasteiger partial charge on any atom is 0.241 e. The van der Waals surface area contributed by atoms with Gasteiger partial charge in [-0.05, 0) is 43.5 Å². The lowest BCUT2D eigenvalue weighted by molar-refractivity contribution is -0.132. The molecular weight excluding hydrogens is 315 g/mol. The molecule has 0 radical (unpaired) electrons. The van der Waals surface area contributed by atoms with Crippen molar-refractivity contribution >= 4 is 11.8 Å². The van der Waals surface area contributed by atoms with Crippen LogP contribution < -0.4 is 10.1 Å². The predicted octanol–water partition coefficient (Wildman–Crippen LogP) is 1.08. The summed E-state index contributed by atoms with van der Waals surface area (Å²) in [7, 11) is 0. The van der Waals surface area contributed by atoms with Gasteiger partial charge in [-0.3, -0.25) is 9.59 Å². The van der Waals surface area contributed by atoms with Gasteiger partial charge in [0.15, 0.2) is 0 Å². The van der Waals surface area contributed by atoms with Crippen molar-refractivity contribution in [3.05, 3.63) is 30.1 Å². The van der Waals surface area contributed by atoms with E-state index in [2.05, 4.69) is 5.32 Å². The van der Waals surface area contributed by atoms with Crippen molar-refractivity contribution in [1.29, 1.82) is 0 Å². The molecule has 1 aliphatic heterocycles. The van der Waals surface area contributed by atoms with Crippen LogP contribution in [0.1, 0.15) is 26.2 Å². The number of carbonyl (C=O) groups excluding carboxylic acids is 2. The summed E-state index contributed by atoms with van der Waals surface area (Å²) in [5.41, 5.74) is -1.03. The Kier molecular flexibility index (Phi) is 6.14. The monoisotopic (exact) mass is 338 g/mol. The van der Waals surface area contributed by atoms with E-state index >= 15 is 0 Å². The van der Waals surface area contributed by atoms with Crippen molar-refractivity contribution in [3.63, 3.8) is 0 Å². The van der Waals surface area contributed by atoms with Crippen LogP contribution in [0.3, 0.4) is 0 Å². The number of hydrogen-bond donors (Lipinski definition) is 2. The van der Waals surface area contributed by atoms with Gasteiger partial charge in [-0.15, -0.1) is 0 Å². The molecule has 1 aromatic rings. The topological polar surface area (TPSA) is 78.9 Å². The van der Waals surface area contributed by atoms with E-state index in [0.717, 1.165) is 0 Å². The molecule has 0 bridgehead atoms. The van der Waals surface area contributed by atoms with Crippen molar-refractivity contribution in [2.24, 2.45) is 0 Å². The largest absolute Gasteiger partial charge is 0.491 e. The molecule has 1 fully saturated rings. The molecule has 2 N–H and O–H groups in total. The Morgan fingerprint density at radius 2 is 2.00 bits per heavy atom. The second-order valence-electron chi connectivity index (χ2n) is 6.11. The summed E-state index contributed by atoms with van der Waals surface area (Å²) in [6.07, 6.45) is 1.55. The molecule has 0 aliphatic carbocycles. The Morgan fingerprint density at radius 1 is 1.29 bits per heavy atom. The standard InChI is InChI=1S/C17H23FN2O4/c1-13(21)19-11-16(22)20-9-2-7-17(23,8-10-20)12-24-15-5-3-14(18)4-6-15/h3-6,23H,2,7-12H2,1H3,(H,19,21). The number of benzene rings is 1. The van der Waals surface area contributed by atoms with Crippen LogP contribution in [-0.4, -0.2) is 53.7 Å². The van der Waals surface area contributed by atoms with Crippen LogP contribution in [0.5, 0.6) is 5.75 Å². The van der Waals surface area contributed by atoms with Crippen LogP contribution in [0.2, 0.25) is 0 Å². The molecular formula is C17H23FN2O4. The molecule has 24 heavy (non-hydrogen) atoms. The van der Waals surface area contributed by atoms with E-state index in [4.69, 9.17) is 4.74 Å². The van der Waals surface area contributed by atoms with Crippen molar-refractivity contribution in [2.75, 3.05) is 26.2 Å². The molecule has 2 amide bonds. The Balaban J connectivity index is 1.85. The number of amides is 2. The molecule has 6 nitrogen and oxygen atoms in total. The molecule has 0 saturated carbocycles. The number of likely N-dealkylation sites (tertiary alicyclic amines) is 1. The Bertz CT molecular complexity index is 578. The van der Waals surface area contributed by atoms with E-state index in [-0.39, 0.29) is 30.8 Å². The number of carbonyl (C=O) groups is 2. The first-order chi connectivity index (χ1) is 11.4. The summed E-state index contributed by atoms with van der Waals surface area (Å²) in [6.45, 7) is 2.37. The zero-order valence-corrected chi connectivity index (χ0v) is 13.8. The molecule has 0 aromatic heterocycles. The smallest absolute Gasteiger partial charge is 0.241 e. The van der Waals surface area contributed by atoms with Crippen LogP contribution in [0.4, 0.5) is 4.39 Å². The maximum absolute atomic E-state index is 12.9. The molecule has 1 aliphatic rings. The number of hydrogen-bond acceptors (Lipinski definition) is 4. The van der Waals surface area contributed by atoms with Gasteiger partial charge in [0.05, 0.1) is 6.54 Å². The highest BCUT2D eigenvalue weighted by molar-refractivity contribution is 5.83. The first-order valence-corrected chi connectivity index (χ1v) is 8.01. The quantitative estimate of drug-likeness (QED) is 0.842. The first kappa shape index (κ1) is 18.2. The highest BCUT2D eigenvalue weighted by Gasteiger charge is 2.32. The van der Waals surface area contributed by atoms with Crippen molar-refractivity contribution in [1.82, 2.24) is 10.2 Å². The summed E-state index contributed by atoms with van der Waals surface area (Å²) < 4.78 is 18.4. The summed E-state index contributed by atoms with van der Waals surface area (Å²) in [4.78, 5) is 24.6. The second-order valence-corrected chi connectivity index (χ2v) is 6.11.